The molecule has 0 spiro atoms. The van der Waals surface area contributed by atoms with Crippen LogP contribution in [0.2, 0.25) is 0 Å². The number of benzene rings is 1. The molecule has 1 fully saturated rings. The van der Waals surface area contributed by atoms with Crippen molar-refractivity contribution in [3.05, 3.63) is 33.7 Å². The number of nitrogens with two attached hydrogens (primary N) is 1. The molecule has 5 heteroatoms. The van der Waals surface area contributed by atoms with Gasteiger partial charge in [0.05, 0.1) is 5.54 Å². The number of halogens is 1. The summed E-state index contributed by atoms with van der Waals surface area (Å²) < 4.78 is 6.45. The van der Waals surface area contributed by atoms with Gasteiger partial charge in [0.25, 0.3) is 5.89 Å². The van der Waals surface area contributed by atoms with Gasteiger partial charge in [-0.3, -0.25) is 0 Å². The molecule has 0 bridgehead atoms. The predicted molar refractivity (Wildman–Crippen MR) is 72.2 cm³/mol. The van der Waals surface area contributed by atoms with Crippen LogP contribution in [0.1, 0.15) is 25.1 Å². The lowest BCUT2D eigenvalue weighted by atomic mass is 9.77. The molecule has 3 rings (SSSR count). The minimum Gasteiger partial charge on any atom is -0.334 e. The number of hydrogen-bond acceptors (Lipinski definition) is 4. The van der Waals surface area contributed by atoms with Crippen LogP contribution in [-0.4, -0.2) is 10.1 Å². The van der Waals surface area contributed by atoms with E-state index >= 15 is 0 Å². The molecule has 0 aliphatic heterocycles. The molecule has 1 aromatic carbocycles. The summed E-state index contributed by atoms with van der Waals surface area (Å²) in [7, 11) is 0. The standard InChI is InChI=1S/C12H12IN3O/c13-9-4-2-8(3-5-9)10-15-11(16-17-10)12(14)6-1-7-12/h2-5H,1,6-7,14H2. The summed E-state index contributed by atoms with van der Waals surface area (Å²) in [4.78, 5) is 4.40. The molecule has 0 radical (unpaired) electrons. The maximum atomic E-state index is 6.15. The second kappa shape index (κ2) is 4.06. The maximum absolute atomic E-state index is 6.15. The lowest BCUT2D eigenvalue weighted by Gasteiger charge is -2.34. The Kier molecular flexibility index (Phi) is 2.67. The highest BCUT2D eigenvalue weighted by Gasteiger charge is 2.39. The number of nitrogens with zero attached hydrogens (tertiary/aromatic N) is 2. The van der Waals surface area contributed by atoms with Gasteiger partial charge in [0.15, 0.2) is 5.82 Å². The van der Waals surface area contributed by atoms with Crippen molar-refractivity contribution in [3.8, 4) is 11.5 Å². The minimum atomic E-state index is -0.356. The van der Waals surface area contributed by atoms with Crippen molar-refractivity contribution in [3.63, 3.8) is 0 Å². The van der Waals surface area contributed by atoms with Gasteiger partial charge >= 0.3 is 0 Å². The largest absolute Gasteiger partial charge is 0.334 e. The molecule has 0 unspecified atom stereocenters. The highest BCUT2D eigenvalue weighted by molar-refractivity contribution is 14.1. The van der Waals surface area contributed by atoms with Crippen molar-refractivity contribution in [1.29, 1.82) is 0 Å². The summed E-state index contributed by atoms with van der Waals surface area (Å²) in [5.41, 5.74) is 6.73. The Balaban J connectivity index is 1.92. The zero-order chi connectivity index (χ0) is 11.9. The zero-order valence-corrected chi connectivity index (χ0v) is 11.3. The maximum Gasteiger partial charge on any atom is 0.257 e. The Morgan fingerprint density at radius 3 is 2.53 bits per heavy atom. The van der Waals surface area contributed by atoms with Crippen molar-refractivity contribution < 1.29 is 4.52 Å². The van der Waals surface area contributed by atoms with Crippen LogP contribution in [0, 0.1) is 3.57 Å². The first kappa shape index (κ1) is 11.2. The Morgan fingerprint density at radius 1 is 1.24 bits per heavy atom. The molecule has 0 saturated heterocycles. The van der Waals surface area contributed by atoms with E-state index in [1.165, 1.54) is 3.57 Å². The number of aromatic nitrogens is 2. The number of hydrogen-bond donors (Lipinski definition) is 1. The third kappa shape index (κ3) is 1.97. The molecule has 2 N–H and O–H groups in total. The van der Waals surface area contributed by atoms with E-state index < -0.39 is 0 Å². The Bertz CT molecular complexity index is 531. The Hall–Kier alpha value is -0.950. The molecular formula is C12H12IN3O. The lowest BCUT2D eigenvalue weighted by molar-refractivity contribution is 0.229. The van der Waals surface area contributed by atoms with E-state index in [1.54, 1.807) is 0 Å². The second-order valence-corrected chi connectivity index (χ2v) is 5.69. The van der Waals surface area contributed by atoms with Crippen molar-refractivity contribution in [1.82, 2.24) is 10.1 Å². The van der Waals surface area contributed by atoms with Crippen LogP contribution in [0.4, 0.5) is 0 Å². The van der Waals surface area contributed by atoms with E-state index in [2.05, 4.69) is 32.7 Å². The molecule has 88 valence electrons. The first-order chi connectivity index (χ1) is 8.17. The Labute approximate surface area is 113 Å². The van der Waals surface area contributed by atoms with Crippen LogP contribution in [-0.2, 0) is 5.54 Å². The Morgan fingerprint density at radius 2 is 1.94 bits per heavy atom. The average molecular weight is 341 g/mol. The summed E-state index contributed by atoms with van der Waals surface area (Å²) in [5.74, 6) is 1.19. The zero-order valence-electron chi connectivity index (χ0n) is 9.19. The van der Waals surface area contributed by atoms with Gasteiger partial charge in [-0.15, -0.1) is 0 Å². The van der Waals surface area contributed by atoms with E-state index in [1.807, 2.05) is 24.3 Å². The van der Waals surface area contributed by atoms with E-state index in [-0.39, 0.29) is 5.54 Å². The molecule has 0 amide bonds. The number of rotatable bonds is 2. The van der Waals surface area contributed by atoms with Crippen LogP contribution in [0.3, 0.4) is 0 Å². The molecule has 17 heavy (non-hydrogen) atoms. The third-order valence-electron chi connectivity index (χ3n) is 3.21. The van der Waals surface area contributed by atoms with Crippen LogP contribution in [0.15, 0.2) is 28.8 Å². The van der Waals surface area contributed by atoms with E-state index in [9.17, 15) is 0 Å². The summed E-state index contributed by atoms with van der Waals surface area (Å²) in [6.45, 7) is 0. The second-order valence-electron chi connectivity index (χ2n) is 4.44. The molecule has 1 heterocycles. The van der Waals surface area contributed by atoms with Crippen molar-refractivity contribution >= 4 is 22.6 Å². The highest BCUT2D eigenvalue weighted by atomic mass is 127. The molecule has 4 nitrogen and oxygen atoms in total. The normalized spacial score (nSPS) is 17.8. The van der Waals surface area contributed by atoms with E-state index in [4.69, 9.17) is 10.3 Å². The fraction of sp³-hybridized carbons (Fsp3) is 0.333. The van der Waals surface area contributed by atoms with Crippen LogP contribution >= 0.6 is 22.6 Å². The monoisotopic (exact) mass is 341 g/mol. The van der Waals surface area contributed by atoms with Gasteiger partial charge in [-0.25, -0.2) is 0 Å². The minimum absolute atomic E-state index is 0.356. The van der Waals surface area contributed by atoms with E-state index in [0.29, 0.717) is 11.7 Å². The van der Waals surface area contributed by atoms with Crippen molar-refractivity contribution in [2.24, 2.45) is 5.73 Å². The van der Waals surface area contributed by atoms with Gasteiger partial charge in [0.2, 0.25) is 0 Å². The molecule has 2 aromatic rings. The van der Waals surface area contributed by atoms with E-state index in [0.717, 1.165) is 24.8 Å². The first-order valence-electron chi connectivity index (χ1n) is 5.56. The van der Waals surface area contributed by atoms with Crippen LogP contribution < -0.4 is 5.73 Å². The van der Waals surface area contributed by atoms with Gasteiger partial charge in [0, 0.05) is 9.13 Å². The topological polar surface area (TPSA) is 64.9 Å². The molecule has 1 aliphatic rings. The highest BCUT2D eigenvalue weighted by Crippen LogP contribution is 2.37. The van der Waals surface area contributed by atoms with Crippen molar-refractivity contribution in [2.75, 3.05) is 0 Å². The molecule has 1 saturated carbocycles. The first-order valence-corrected chi connectivity index (χ1v) is 6.64. The fourth-order valence-corrected chi connectivity index (χ4v) is 2.28. The molecular weight excluding hydrogens is 329 g/mol. The van der Waals surface area contributed by atoms with Gasteiger partial charge in [-0.05, 0) is 66.1 Å². The average Bonchev–Trinajstić information content (AvgIpc) is 2.76. The van der Waals surface area contributed by atoms with Crippen LogP contribution in [0.5, 0.6) is 0 Å². The summed E-state index contributed by atoms with van der Waals surface area (Å²) in [5, 5.41) is 4.00. The van der Waals surface area contributed by atoms with Gasteiger partial charge in [0.1, 0.15) is 0 Å². The molecule has 1 aliphatic carbocycles. The molecule has 1 aromatic heterocycles. The lowest BCUT2D eigenvalue weighted by Crippen LogP contribution is -2.44. The van der Waals surface area contributed by atoms with Gasteiger partial charge in [-0.1, -0.05) is 5.16 Å². The van der Waals surface area contributed by atoms with Crippen molar-refractivity contribution in [2.45, 2.75) is 24.8 Å². The third-order valence-corrected chi connectivity index (χ3v) is 3.93. The summed E-state index contributed by atoms with van der Waals surface area (Å²) in [6, 6.07) is 7.98. The quantitative estimate of drug-likeness (QED) is 0.853. The predicted octanol–water partition coefficient (Wildman–Crippen LogP) is 2.68. The molecule has 0 atom stereocenters. The summed E-state index contributed by atoms with van der Waals surface area (Å²) in [6.07, 6.45) is 3.03. The smallest absolute Gasteiger partial charge is 0.257 e. The summed E-state index contributed by atoms with van der Waals surface area (Å²) >= 11 is 2.26. The SMILES string of the molecule is NC1(c2noc(-c3ccc(I)cc3)n2)CCC1. The van der Waals surface area contributed by atoms with Gasteiger partial charge < -0.3 is 10.3 Å². The van der Waals surface area contributed by atoms with Gasteiger partial charge in [-0.2, -0.15) is 4.98 Å². The fourth-order valence-electron chi connectivity index (χ4n) is 1.92. The van der Waals surface area contributed by atoms with Crippen LogP contribution in [0.25, 0.3) is 11.5 Å².